The van der Waals surface area contributed by atoms with Gasteiger partial charge in [0.25, 0.3) is 0 Å². The van der Waals surface area contributed by atoms with E-state index in [0.717, 1.165) is 54.1 Å². The average molecular weight is 454 g/mol. The number of nitrogens with zero attached hydrogens (tertiary/aromatic N) is 3. The van der Waals surface area contributed by atoms with Gasteiger partial charge in [0, 0.05) is 49.9 Å². The number of ether oxygens (including phenoxy) is 1. The number of carbonyl (C=O) groups is 1. The third-order valence-electron chi connectivity index (χ3n) is 5.10. The van der Waals surface area contributed by atoms with Crippen molar-refractivity contribution >= 4 is 34.9 Å². The molecule has 3 aromatic rings. The van der Waals surface area contributed by atoms with Crippen molar-refractivity contribution < 1.29 is 9.53 Å². The highest BCUT2D eigenvalue weighted by molar-refractivity contribution is 7.16. The van der Waals surface area contributed by atoms with E-state index in [4.69, 9.17) is 16.3 Å². The number of aromatic nitrogens is 1. The first-order valence-corrected chi connectivity index (χ1v) is 11.4. The Bertz CT molecular complexity index is 1010. The molecule has 4 rings (SSSR count). The highest BCUT2D eigenvalue weighted by atomic mass is 35.5. The molecular formula is C24H24ClN3O2S. The standard InChI is InChI=1S/C24H24ClN3O2S/c25-23-10-9-22(31-23)17-27-13-15-28(16-14-27)24(29)11-6-19-4-7-21(8-5-19)30-18-20-3-1-2-12-26-20/h1-12H,13-18H2/b11-6+. The number of hydrogen-bond donors (Lipinski definition) is 0. The Morgan fingerprint density at radius 1 is 1.06 bits per heavy atom. The molecule has 0 radical (unpaired) electrons. The van der Waals surface area contributed by atoms with Crippen LogP contribution in [0.5, 0.6) is 5.75 Å². The molecule has 31 heavy (non-hydrogen) atoms. The van der Waals surface area contributed by atoms with Crippen LogP contribution in [0.1, 0.15) is 16.1 Å². The summed E-state index contributed by atoms with van der Waals surface area (Å²) in [5, 5.41) is 0. The largest absolute Gasteiger partial charge is 0.487 e. The van der Waals surface area contributed by atoms with Crippen LogP contribution < -0.4 is 4.74 Å². The molecule has 0 spiro atoms. The van der Waals surface area contributed by atoms with Gasteiger partial charge in [0.05, 0.1) is 10.0 Å². The van der Waals surface area contributed by atoms with Gasteiger partial charge in [-0.15, -0.1) is 11.3 Å². The van der Waals surface area contributed by atoms with Crippen molar-refractivity contribution in [3.05, 3.63) is 87.3 Å². The Kier molecular flexibility index (Phi) is 7.35. The summed E-state index contributed by atoms with van der Waals surface area (Å²) in [7, 11) is 0. The van der Waals surface area contributed by atoms with E-state index in [2.05, 4.69) is 16.0 Å². The van der Waals surface area contributed by atoms with Crippen molar-refractivity contribution in [2.24, 2.45) is 0 Å². The van der Waals surface area contributed by atoms with Gasteiger partial charge >= 0.3 is 0 Å². The lowest BCUT2D eigenvalue weighted by molar-refractivity contribution is -0.127. The third kappa shape index (κ3) is 6.40. The SMILES string of the molecule is O=C(/C=C/c1ccc(OCc2ccccn2)cc1)N1CCN(Cc2ccc(Cl)s2)CC1. The fraction of sp³-hybridized carbons (Fsp3) is 0.250. The fourth-order valence-corrected chi connectivity index (χ4v) is 4.50. The number of thiophene rings is 1. The second-order valence-corrected chi connectivity index (χ2v) is 9.12. The van der Waals surface area contributed by atoms with Crippen molar-refractivity contribution in [3.8, 4) is 5.75 Å². The summed E-state index contributed by atoms with van der Waals surface area (Å²) in [5.41, 5.74) is 1.85. The molecule has 1 saturated heterocycles. The monoisotopic (exact) mass is 453 g/mol. The zero-order chi connectivity index (χ0) is 21.5. The quantitative estimate of drug-likeness (QED) is 0.485. The number of rotatable bonds is 7. The lowest BCUT2D eigenvalue weighted by Crippen LogP contribution is -2.47. The molecule has 3 heterocycles. The molecular weight excluding hydrogens is 430 g/mol. The summed E-state index contributed by atoms with van der Waals surface area (Å²) >= 11 is 7.62. The van der Waals surface area contributed by atoms with Crippen LogP contribution >= 0.6 is 22.9 Å². The van der Waals surface area contributed by atoms with Crippen LogP contribution in [0, 0.1) is 0 Å². The lowest BCUT2D eigenvalue weighted by atomic mass is 10.2. The fourth-order valence-electron chi connectivity index (χ4n) is 3.37. The molecule has 5 nitrogen and oxygen atoms in total. The van der Waals surface area contributed by atoms with Gasteiger partial charge < -0.3 is 9.64 Å². The van der Waals surface area contributed by atoms with E-state index in [-0.39, 0.29) is 5.91 Å². The smallest absolute Gasteiger partial charge is 0.246 e. The minimum absolute atomic E-state index is 0.0503. The van der Waals surface area contributed by atoms with Crippen LogP contribution in [0.25, 0.3) is 6.08 Å². The number of carbonyl (C=O) groups excluding carboxylic acids is 1. The van der Waals surface area contributed by atoms with Crippen LogP contribution in [0.15, 0.2) is 66.9 Å². The molecule has 0 unspecified atom stereocenters. The first-order valence-electron chi connectivity index (χ1n) is 10.2. The molecule has 2 aromatic heterocycles. The van der Waals surface area contributed by atoms with Crippen LogP contribution in [-0.2, 0) is 17.9 Å². The van der Waals surface area contributed by atoms with Gasteiger partial charge in [0.15, 0.2) is 0 Å². The number of amides is 1. The second-order valence-electron chi connectivity index (χ2n) is 7.32. The number of benzene rings is 1. The Morgan fingerprint density at radius 2 is 1.87 bits per heavy atom. The minimum Gasteiger partial charge on any atom is -0.487 e. The van der Waals surface area contributed by atoms with E-state index >= 15 is 0 Å². The van der Waals surface area contributed by atoms with Gasteiger partial charge in [-0.3, -0.25) is 14.7 Å². The zero-order valence-electron chi connectivity index (χ0n) is 17.1. The zero-order valence-corrected chi connectivity index (χ0v) is 18.7. The Labute approximate surface area is 191 Å². The van der Waals surface area contributed by atoms with Crippen LogP contribution in [-0.4, -0.2) is 46.9 Å². The van der Waals surface area contributed by atoms with E-state index in [1.54, 1.807) is 23.6 Å². The Hall–Kier alpha value is -2.67. The van der Waals surface area contributed by atoms with Crippen molar-refractivity contribution in [2.45, 2.75) is 13.2 Å². The molecule has 0 aliphatic carbocycles. The summed E-state index contributed by atoms with van der Waals surface area (Å²) in [5.74, 6) is 0.826. The third-order valence-corrected chi connectivity index (χ3v) is 6.32. The summed E-state index contributed by atoms with van der Waals surface area (Å²) in [4.78, 5) is 22.3. The van der Waals surface area contributed by atoms with Gasteiger partial charge in [0.2, 0.25) is 5.91 Å². The predicted octanol–water partition coefficient (Wildman–Crippen LogP) is 4.73. The molecule has 1 amide bonds. The molecule has 1 fully saturated rings. The molecule has 1 aliphatic heterocycles. The van der Waals surface area contributed by atoms with Crippen molar-refractivity contribution in [2.75, 3.05) is 26.2 Å². The number of hydrogen-bond acceptors (Lipinski definition) is 5. The summed E-state index contributed by atoms with van der Waals surface area (Å²) in [6.45, 7) is 4.55. The van der Waals surface area contributed by atoms with Gasteiger partial charge in [0.1, 0.15) is 12.4 Å². The molecule has 160 valence electrons. The predicted molar refractivity (Wildman–Crippen MR) is 125 cm³/mol. The number of pyridine rings is 1. The maximum absolute atomic E-state index is 12.5. The molecule has 0 N–H and O–H groups in total. The molecule has 1 aliphatic rings. The maximum Gasteiger partial charge on any atom is 0.246 e. The highest BCUT2D eigenvalue weighted by Gasteiger charge is 2.20. The van der Waals surface area contributed by atoms with E-state index in [9.17, 15) is 4.79 Å². The average Bonchev–Trinajstić information content (AvgIpc) is 3.22. The Morgan fingerprint density at radius 3 is 2.55 bits per heavy atom. The molecule has 0 atom stereocenters. The van der Waals surface area contributed by atoms with Gasteiger partial charge in [-0.2, -0.15) is 0 Å². The molecule has 1 aromatic carbocycles. The second kappa shape index (κ2) is 10.6. The van der Waals surface area contributed by atoms with Crippen molar-refractivity contribution in [1.82, 2.24) is 14.8 Å². The van der Waals surface area contributed by atoms with Crippen molar-refractivity contribution in [1.29, 1.82) is 0 Å². The number of halogens is 1. The van der Waals surface area contributed by atoms with Gasteiger partial charge in [-0.25, -0.2) is 0 Å². The number of piperazine rings is 1. The van der Waals surface area contributed by atoms with Gasteiger partial charge in [-0.1, -0.05) is 29.8 Å². The lowest BCUT2D eigenvalue weighted by Gasteiger charge is -2.33. The van der Waals surface area contributed by atoms with E-state index in [0.29, 0.717) is 6.61 Å². The first kappa shape index (κ1) is 21.6. The Balaban J connectivity index is 1.22. The minimum atomic E-state index is 0.0503. The summed E-state index contributed by atoms with van der Waals surface area (Å²) in [6, 6.07) is 17.5. The molecule has 0 bridgehead atoms. The summed E-state index contributed by atoms with van der Waals surface area (Å²) < 4.78 is 6.57. The normalized spacial score (nSPS) is 14.8. The molecule has 7 heteroatoms. The van der Waals surface area contributed by atoms with Crippen LogP contribution in [0.2, 0.25) is 4.34 Å². The first-order chi connectivity index (χ1) is 15.2. The van der Waals surface area contributed by atoms with Crippen LogP contribution in [0.4, 0.5) is 0 Å². The maximum atomic E-state index is 12.5. The highest BCUT2D eigenvalue weighted by Crippen LogP contribution is 2.23. The topological polar surface area (TPSA) is 45.7 Å². The van der Waals surface area contributed by atoms with E-state index < -0.39 is 0 Å². The van der Waals surface area contributed by atoms with E-state index in [1.165, 1.54) is 4.88 Å². The summed E-state index contributed by atoms with van der Waals surface area (Å²) in [6.07, 6.45) is 5.26. The van der Waals surface area contributed by atoms with Crippen LogP contribution in [0.3, 0.4) is 0 Å². The van der Waals surface area contributed by atoms with Crippen molar-refractivity contribution in [3.63, 3.8) is 0 Å². The molecule has 0 saturated carbocycles. The van der Waals surface area contributed by atoms with E-state index in [1.807, 2.05) is 59.5 Å². The van der Waals surface area contributed by atoms with Gasteiger partial charge in [-0.05, 0) is 48.0 Å².